The van der Waals surface area contributed by atoms with Crippen molar-refractivity contribution in [3.05, 3.63) is 52.0 Å². The molecule has 0 aromatic heterocycles. The zero-order valence-corrected chi connectivity index (χ0v) is 20.9. The smallest absolute Gasteiger partial charge is 0.409 e. The maximum Gasteiger partial charge on any atom is 0.409 e. The molecule has 1 saturated heterocycles. The van der Waals surface area contributed by atoms with Crippen molar-refractivity contribution < 1.29 is 28.6 Å². The van der Waals surface area contributed by atoms with Crippen LogP contribution in [0, 0.1) is 0 Å². The first-order valence-corrected chi connectivity index (χ1v) is 12.4. The first-order chi connectivity index (χ1) is 16.9. The predicted molar refractivity (Wildman–Crippen MR) is 131 cm³/mol. The number of nitrogens with one attached hydrogen (secondary N) is 2. The van der Waals surface area contributed by atoms with Crippen molar-refractivity contribution in [2.24, 2.45) is 0 Å². The molecule has 0 bridgehead atoms. The summed E-state index contributed by atoms with van der Waals surface area (Å²) in [6.45, 7) is 3.08. The Morgan fingerprint density at radius 2 is 2.03 bits per heavy atom. The topological polar surface area (TPSA) is 106 Å². The van der Waals surface area contributed by atoms with E-state index in [1.165, 1.54) is 0 Å². The van der Waals surface area contributed by atoms with Crippen LogP contribution < -0.4 is 20.1 Å². The summed E-state index contributed by atoms with van der Waals surface area (Å²) in [7, 11) is 0. The Kier molecular flexibility index (Phi) is 6.31. The van der Waals surface area contributed by atoms with Crippen LogP contribution in [0.4, 0.5) is 10.5 Å². The number of nitrogens with zero attached hydrogens (tertiary/aromatic N) is 1. The molecule has 0 aliphatic carbocycles. The van der Waals surface area contributed by atoms with Gasteiger partial charge in [-0.2, -0.15) is 0 Å². The highest BCUT2D eigenvalue weighted by Crippen LogP contribution is 2.45. The van der Waals surface area contributed by atoms with Crippen LogP contribution >= 0.6 is 15.9 Å². The van der Waals surface area contributed by atoms with Gasteiger partial charge in [0.1, 0.15) is 17.1 Å². The van der Waals surface area contributed by atoms with E-state index in [0.29, 0.717) is 61.7 Å². The summed E-state index contributed by atoms with van der Waals surface area (Å²) in [5, 5.41) is 5.91. The fourth-order valence-electron chi connectivity index (χ4n) is 4.91. The number of hydrogen-bond acceptors (Lipinski definition) is 6. The van der Waals surface area contributed by atoms with E-state index in [9.17, 15) is 14.4 Å². The molecule has 35 heavy (non-hydrogen) atoms. The minimum atomic E-state index is -0.519. The molecule has 3 aliphatic heterocycles. The molecule has 2 N–H and O–H groups in total. The SMILES string of the molecule is CCOC(=O)N1CCC2(CC1)C[C@H](NC(=O)c1cccc3c1NC(=O)CO3)c1cc(Br)ccc1O2. The van der Waals surface area contributed by atoms with Crippen molar-refractivity contribution in [3.63, 3.8) is 0 Å². The molecule has 3 heterocycles. The van der Waals surface area contributed by atoms with Gasteiger partial charge >= 0.3 is 6.09 Å². The normalized spacial score (nSPS) is 20.0. The number of carbonyl (C=O) groups excluding carboxylic acids is 3. The third-order valence-corrected chi connectivity index (χ3v) is 7.14. The van der Waals surface area contributed by atoms with Crippen LogP contribution in [0.15, 0.2) is 40.9 Å². The summed E-state index contributed by atoms with van der Waals surface area (Å²) < 4.78 is 18.0. The third kappa shape index (κ3) is 4.67. The number of para-hydroxylation sites is 1. The molecule has 0 saturated carbocycles. The largest absolute Gasteiger partial charge is 0.487 e. The molecular formula is C25H26BrN3O6. The quantitative estimate of drug-likeness (QED) is 0.605. The summed E-state index contributed by atoms with van der Waals surface area (Å²) in [6, 6.07) is 10.5. The Hall–Kier alpha value is -3.27. The highest BCUT2D eigenvalue weighted by Gasteiger charge is 2.45. The molecule has 0 unspecified atom stereocenters. The molecule has 184 valence electrons. The molecule has 10 heteroatoms. The molecular weight excluding hydrogens is 518 g/mol. The Morgan fingerprint density at radius 3 is 2.80 bits per heavy atom. The van der Waals surface area contributed by atoms with Crippen LogP contribution in [-0.4, -0.2) is 54.7 Å². The van der Waals surface area contributed by atoms with E-state index in [1.807, 2.05) is 18.2 Å². The van der Waals surface area contributed by atoms with Crippen LogP contribution in [0.2, 0.25) is 0 Å². The van der Waals surface area contributed by atoms with E-state index in [4.69, 9.17) is 14.2 Å². The lowest BCUT2D eigenvalue weighted by Gasteiger charge is -2.46. The molecule has 2 aromatic rings. The second-order valence-corrected chi connectivity index (χ2v) is 9.81. The van der Waals surface area contributed by atoms with E-state index < -0.39 is 5.60 Å². The van der Waals surface area contributed by atoms with Crippen molar-refractivity contribution in [1.29, 1.82) is 0 Å². The van der Waals surface area contributed by atoms with Gasteiger partial charge in [-0.05, 0) is 37.3 Å². The molecule has 3 amide bonds. The summed E-state index contributed by atoms with van der Waals surface area (Å²) in [5.74, 6) is 0.561. The number of rotatable bonds is 3. The number of halogens is 1. The molecule has 3 aliphatic rings. The van der Waals surface area contributed by atoms with Crippen molar-refractivity contribution in [2.45, 2.75) is 37.8 Å². The molecule has 9 nitrogen and oxygen atoms in total. The second-order valence-electron chi connectivity index (χ2n) is 8.90. The van der Waals surface area contributed by atoms with Gasteiger partial charge in [-0.3, -0.25) is 9.59 Å². The number of anilines is 1. The van der Waals surface area contributed by atoms with Gasteiger partial charge in [0.05, 0.1) is 23.9 Å². The number of carbonyl (C=O) groups is 3. The van der Waals surface area contributed by atoms with Gasteiger partial charge in [0.15, 0.2) is 6.61 Å². The van der Waals surface area contributed by atoms with E-state index in [0.717, 1.165) is 10.0 Å². The second kappa shape index (κ2) is 9.41. The Balaban J connectivity index is 1.40. The van der Waals surface area contributed by atoms with Gasteiger partial charge in [0.2, 0.25) is 0 Å². The molecule has 1 fully saturated rings. The third-order valence-electron chi connectivity index (χ3n) is 6.65. The number of amides is 3. The van der Waals surface area contributed by atoms with Crippen molar-refractivity contribution in [2.75, 3.05) is 31.6 Å². The fraction of sp³-hybridized carbons (Fsp3) is 0.400. The number of piperidine rings is 1. The van der Waals surface area contributed by atoms with Crippen molar-refractivity contribution in [3.8, 4) is 11.5 Å². The number of hydrogen-bond donors (Lipinski definition) is 2. The molecule has 1 spiro atoms. The van der Waals surface area contributed by atoms with Crippen molar-refractivity contribution in [1.82, 2.24) is 10.2 Å². The minimum absolute atomic E-state index is 0.0786. The highest BCUT2D eigenvalue weighted by molar-refractivity contribution is 9.10. The molecule has 2 aromatic carbocycles. The van der Waals surface area contributed by atoms with Gasteiger partial charge in [0, 0.05) is 42.4 Å². The molecule has 1 atom stereocenters. The summed E-state index contributed by atoms with van der Waals surface area (Å²) in [4.78, 5) is 39.2. The van der Waals surface area contributed by atoms with Crippen LogP contribution in [0.25, 0.3) is 0 Å². The van der Waals surface area contributed by atoms with Crippen LogP contribution in [0.5, 0.6) is 11.5 Å². The van der Waals surface area contributed by atoms with Crippen LogP contribution in [0.3, 0.4) is 0 Å². The lowest BCUT2D eigenvalue weighted by molar-refractivity contribution is -0.118. The standard InChI is InChI=1S/C25H26BrN3O6/c1-2-33-24(32)29-10-8-25(9-11-29)13-18(17-12-15(26)6-7-19(17)35-25)27-23(31)16-4-3-5-20-22(16)28-21(30)14-34-20/h3-7,12,18H,2,8-11,13-14H2,1H3,(H,27,31)(H,28,30)/t18-/m0/s1. The van der Waals surface area contributed by atoms with E-state index >= 15 is 0 Å². The number of fused-ring (bicyclic) bond motifs is 2. The van der Waals surface area contributed by atoms with Crippen molar-refractivity contribution >= 4 is 39.5 Å². The van der Waals surface area contributed by atoms with Gasteiger partial charge in [-0.1, -0.05) is 22.0 Å². The zero-order chi connectivity index (χ0) is 24.6. The molecule has 0 radical (unpaired) electrons. The number of benzene rings is 2. The van der Waals surface area contributed by atoms with Crippen LogP contribution in [-0.2, 0) is 9.53 Å². The first-order valence-electron chi connectivity index (χ1n) is 11.6. The van der Waals surface area contributed by atoms with E-state index in [-0.39, 0.29) is 30.6 Å². The van der Waals surface area contributed by atoms with Crippen LogP contribution in [0.1, 0.15) is 48.1 Å². The molecule has 5 rings (SSSR count). The Bertz CT molecular complexity index is 1180. The Morgan fingerprint density at radius 1 is 1.23 bits per heavy atom. The minimum Gasteiger partial charge on any atom is -0.487 e. The maximum absolute atomic E-state index is 13.4. The number of likely N-dealkylation sites (tertiary alicyclic amines) is 1. The summed E-state index contributed by atoms with van der Waals surface area (Å²) in [6.07, 6.45) is 1.48. The van der Waals surface area contributed by atoms with Gasteiger partial charge in [-0.25, -0.2) is 4.79 Å². The van der Waals surface area contributed by atoms with Gasteiger partial charge in [0.25, 0.3) is 11.8 Å². The van der Waals surface area contributed by atoms with E-state index in [2.05, 4.69) is 26.6 Å². The predicted octanol–water partition coefficient (Wildman–Crippen LogP) is 4.02. The average Bonchev–Trinajstić information content (AvgIpc) is 2.84. The van der Waals surface area contributed by atoms with Gasteiger partial charge < -0.3 is 29.7 Å². The number of ether oxygens (including phenoxy) is 3. The van der Waals surface area contributed by atoms with E-state index in [1.54, 1.807) is 30.0 Å². The average molecular weight is 544 g/mol. The lowest BCUT2D eigenvalue weighted by Crippen LogP contribution is -2.53. The monoisotopic (exact) mass is 543 g/mol. The highest BCUT2D eigenvalue weighted by atomic mass is 79.9. The maximum atomic E-state index is 13.4. The summed E-state index contributed by atoms with van der Waals surface area (Å²) >= 11 is 3.52. The lowest BCUT2D eigenvalue weighted by atomic mass is 9.80. The fourth-order valence-corrected chi connectivity index (χ4v) is 5.29. The first kappa shape index (κ1) is 23.5. The summed E-state index contributed by atoms with van der Waals surface area (Å²) in [5.41, 5.74) is 1.07. The Labute approximate surface area is 211 Å². The van der Waals surface area contributed by atoms with Gasteiger partial charge in [-0.15, -0.1) is 0 Å². The zero-order valence-electron chi connectivity index (χ0n) is 19.3.